The highest BCUT2D eigenvalue weighted by atomic mass is 16.5. The quantitative estimate of drug-likeness (QED) is 0.481. The van der Waals surface area contributed by atoms with Crippen molar-refractivity contribution in [2.45, 2.75) is 38.5 Å². The summed E-state index contributed by atoms with van der Waals surface area (Å²) < 4.78 is 10.3. The molecule has 2 aromatic rings. The van der Waals surface area contributed by atoms with Gasteiger partial charge < -0.3 is 14.6 Å². The highest BCUT2D eigenvalue weighted by Gasteiger charge is 2.21. The van der Waals surface area contributed by atoms with Gasteiger partial charge >= 0.3 is 11.9 Å². The molecule has 7 heteroatoms. The molecule has 2 atom stereocenters. The molecule has 0 aliphatic heterocycles. The molecule has 0 amide bonds. The van der Waals surface area contributed by atoms with Crippen molar-refractivity contribution in [1.29, 1.82) is 0 Å². The smallest absolute Gasteiger partial charge is 0.338 e. The van der Waals surface area contributed by atoms with E-state index in [-0.39, 0.29) is 31.6 Å². The van der Waals surface area contributed by atoms with Crippen molar-refractivity contribution in [1.82, 2.24) is 0 Å². The lowest BCUT2D eigenvalue weighted by Crippen LogP contribution is -2.24. The maximum Gasteiger partial charge on any atom is 0.338 e. The summed E-state index contributed by atoms with van der Waals surface area (Å²) in [6.07, 6.45) is 0.589. The number of hydrogen-bond donors (Lipinski definition) is 1. The fraction of sp³-hybridized carbons (Fsp3) is 0.364. The number of benzene rings is 2. The Morgan fingerprint density at radius 3 is 1.93 bits per heavy atom. The van der Waals surface area contributed by atoms with Gasteiger partial charge in [0.05, 0.1) is 30.4 Å². The minimum absolute atomic E-state index is 0.0167. The van der Waals surface area contributed by atoms with Crippen molar-refractivity contribution in [3.05, 3.63) is 71.8 Å². The predicted octanol–water partition coefficient (Wildman–Crippen LogP) is 4.03. The zero-order valence-electron chi connectivity index (χ0n) is 16.7. The lowest BCUT2D eigenvalue weighted by Gasteiger charge is -2.17. The number of hydrogen-bond acceptors (Lipinski definition) is 7. The highest BCUT2D eigenvalue weighted by molar-refractivity contribution is 5.89. The molecule has 2 unspecified atom stereocenters. The van der Waals surface area contributed by atoms with Gasteiger partial charge in [0, 0.05) is 12.8 Å². The Morgan fingerprint density at radius 1 is 0.931 bits per heavy atom. The summed E-state index contributed by atoms with van der Waals surface area (Å²) in [5.74, 6) is -0.839. The summed E-state index contributed by atoms with van der Waals surface area (Å²) in [4.78, 5) is 23.7. The van der Waals surface area contributed by atoms with Gasteiger partial charge in [-0.25, -0.2) is 9.59 Å². The first-order chi connectivity index (χ1) is 13.9. The monoisotopic (exact) mass is 398 g/mol. The number of carbonyl (C=O) groups is 2. The van der Waals surface area contributed by atoms with Crippen LogP contribution in [0, 0.1) is 0 Å². The molecule has 0 bridgehead atoms. The zero-order chi connectivity index (χ0) is 21.1. The van der Waals surface area contributed by atoms with Gasteiger partial charge in [-0.15, -0.1) is 0 Å². The van der Waals surface area contributed by atoms with Crippen molar-refractivity contribution < 1.29 is 24.2 Å². The van der Waals surface area contributed by atoms with Gasteiger partial charge in [0.25, 0.3) is 0 Å². The average Bonchev–Trinajstić information content (AvgIpc) is 2.73. The molecule has 7 nitrogen and oxygen atoms in total. The van der Waals surface area contributed by atoms with E-state index in [1.54, 1.807) is 48.5 Å². The normalized spacial score (nSPS) is 14.2. The topological polar surface area (TPSA) is 97.6 Å². The number of azo groups is 1. The van der Waals surface area contributed by atoms with Crippen molar-refractivity contribution in [3.8, 4) is 0 Å². The molecular weight excluding hydrogens is 372 g/mol. The molecule has 2 rings (SSSR count). The molecule has 0 aromatic heterocycles. The molecule has 1 N–H and O–H groups in total. The van der Waals surface area contributed by atoms with Gasteiger partial charge in [-0.2, -0.15) is 10.2 Å². The predicted molar refractivity (Wildman–Crippen MR) is 108 cm³/mol. The lowest BCUT2D eigenvalue weighted by atomic mass is 10.2. The number of carbonyl (C=O) groups excluding carboxylic acids is 2. The van der Waals surface area contributed by atoms with E-state index < -0.39 is 11.7 Å². The van der Waals surface area contributed by atoms with Crippen LogP contribution in [-0.2, 0) is 9.47 Å². The fourth-order valence-corrected chi connectivity index (χ4v) is 2.31. The van der Waals surface area contributed by atoms with Crippen LogP contribution in [0.4, 0.5) is 0 Å². The first-order valence-electron chi connectivity index (χ1n) is 9.46. The number of nitrogens with zero attached hydrogens (tertiary/aromatic N) is 2. The van der Waals surface area contributed by atoms with Crippen molar-refractivity contribution >= 4 is 11.9 Å². The van der Waals surface area contributed by atoms with E-state index >= 15 is 0 Å². The number of aliphatic hydroxyl groups is 1. The van der Waals surface area contributed by atoms with Crippen molar-refractivity contribution in [2.24, 2.45) is 10.2 Å². The van der Waals surface area contributed by atoms with E-state index in [1.807, 2.05) is 19.1 Å². The minimum atomic E-state index is -1.45. The average molecular weight is 398 g/mol. The van der Waals surface area contributed by atoms with Gasteiger partial charge in [0.1, 0.15) is 0 Å². The number of esters is 2. The Bertz CT molecular complexity index is 806. The summed E-state index contributed by atoms with van der Waals surface area (Å²) in [5, 5.41) is 18.3. The van der Waals surface area contributed by atoms with E-state index in [0.717, 1.165) is 0 Å². The van der Waals surface area contributed by atoms with E-state index in [9.17, 15) is 14.7 Å². The van der Waals surface area contributed by atoms with Crippen LogP contribution in [0.15, 0.2) is 70.9 Å². The standard InChI is InChI=1S/C22H26N2O5/c1-17(13-15-28-20(25)18-9-5-3-6-10-18)23-24-22(2,27)14-16-29-21(26)19-11-7-4-8-12-19/h3-12,17,27H,13-16H2,1-2H3. The van der Waals surface area contributed by atoms with Crippen LogP contribution in [0.2, 0.25) is 0 Å². The lowest BCUT2D eigenvalue weighted by molar-refractivity contribution is 0.0147. The maximum absolute atomic E-state index is 11.9. The molecular formula is C22H26N2O5. The van der Waals surface area contributed by atoms with Gasteiger partial charge in [-0.05, 0) is 38.1 Å². The van der Waals surface area contributed by atoms with E-state index in [2.05, 4.69) is 10.2 Å². The Balaban J connectivity index is 1.68. The Hall–Kier alpha value is -3.06. The van der Waals surface area contributed by atoms with Crippen LogP contribution in [0.25, 0.3) is 0 Å². The van der Waals surface area contributed by atoms with Crippen molar-refractivity contribution in [2.75, 3.05) is 13.2 Å². The van der Waals surface area contributed by atoms with Crippen LogP contribution in [0.3, 0.4) is 0 Å². The third kappa shape index (κ3) is 8.23. The summed E-state index contributed by atoms with van der Waals surface area (Å²) in [5.41, 5.74) is -0.506. The fourth-order valence-electron chi connectivity index (χ4n) is 2.31. The molecule has 0 spiro atoms. The molecule has 0 fully saturated rings. The van der Waals surface area contributed by atoms with Gasteiger partial charge in [0.2, 0.25) is 0 Å². The van der Waals surface area contributed by atoms with Crippen LogP contribution >= 0.6 is 0 Å². The van der Waals surface area contributed by atoms with Gasteiger partial charge in [0.15, 0.2) is 5.72 Å². The molecule has 0 aliphatic carbocycles. The van der Waals surface area contributed by atoms with E-state index in [1.165, 1.54) is 6.92 Å². The molecule has 0 aliphatic rings. The molecule has 0 saturated carbocycles. The second kappa shape index (κ2) is 11.1. The molecule has 154 valence electrons. The van der Waals surface area contributed by atoms with Crippen LogP contribution in [0.5, 0.6) is 0 Å². The first kappa shape index (κ1) is 22.2. The Kier molecular flexibility index (Phi) is 8.48. The second-order valence-electron chi connectivity index (χ2n) is 6.82. The first-order valence-corrected chi connectivity index (χ1v) is 9.46. The van der Waals surface area contributed by atoms with Crippen LogP contribution in [-0.4, -0.2) is 42.0 Å². The van der Waals surface area contributed by atoms with Crippen molar-refractivity contribution in [3.63, 3.8) is 0 Å². The number of ether oxygens (including phenoxy) is 2. The third-order valence-corrected chi connectivity index (χ3v) is 4.07. The molecule has 0 heterocycles. The third-order valence-electron chi connectivity index (χ3n) is 4.07. The Morgan fingerprint density at radius 2 is 1.41 bits per heavy atom. The SMILES string of the molecule is CC(CCOC(=O)c1ccccc1)N=NC(C)(O)CCOC(=O)c1ccccc1. The van der Waals surface area contributed by atoms with Gasteiger partial charge in [-0.3, -0.25) is 0 Å². The molecule has 2 aromatic carbocycles. The maximum atomic E-state index is 11.9. The summed E-state index contributed by atoms with van der Waals surface area (Å²) >= 11 is 0. The van der Waals surface area contributed by atoms with Gasteiger partial charge in [-0.1, -0.05) is 36.4 Å². The zero-order valence-corrected chi connectivity index (χ0v) is 16.7. The summed E-state index contributed by atoms with van der Waals surface area (Å²) in [6, 6.07) is 17.1. The minimum Gasteiger partial charge on any atom is -0.462 e. The Labute approximate surface area is 170 Å². The summed E-state index contributed by atoms with van der Waals surface area (Å²) in [6.45, 7) is 3.52. The summed E-state index contributed by atoms with van der Waals surface area (Å²) in [7, 11) is 0. The second-order valence-corrected chi connectivity index (χ2v) is 6.82. The van der Waals surface area contributed by atoms with Crippen LogP contribution < -0.4 is 0 Å². The van der Waals surface area contributed by atoms with E-state index in [0.29, 0.717) is 17.5 Å². The molecule has 0 radical (unpaired) electrons. The highest BCUT2D eigenvalue weighted by Crippen LogP contribution is 2.14. The molecule has 29 heavy (non-hydrogen) atoms. The molecule has 0 saturated heterocycles. The van der Waals surface area contributed by atoms with Crippen LogP contribution in [0.1, 0.15) is 47.4 Å². The number of rotatable bonds is 10. The van der Waals surface area contributed by atoms with E-state index in [4.69, 9.17) is 9.47 Å². The largest absolute Gasteiger partial charge is 0.462 e.